The van der Waals surface area contributed by atoms with E-state index < -0.39 is 0 Å². The lowest BCUT2D eigenvalue weighted by atomic mass is 10.0. The molecule has 0 saturated carbocycles. The number of rotatable bonds is 3. The summed E-state index contributed by atoms with van der Waals surface area (Å²) in [5, 5.41) is 9.56. The van der Waals surface area contributed by atoms with Crippen LogP contribution in [0.4, 0.5) is 0 Å². The average molecular weight is 390 g/mol. The summed E-state index contributed by atoms with van der Waals surface area (Å²) in [5.41, 5.74) is 6.96. The van der Waals surface area contributed by atoms with Crippen LogP contribution in [0.5, 0.6) is 0 Å². The number of aromatic nitrogens is 8. The number of hydrogen-bond acceptors (Lipinski definition) is 6. The molecule has 6 heterocycles. The van der Waals surface area contributed by atoms with Gasteiger partial charge in [-0.05, 0) is 41.5 Å². The number of H-pyrrole nitrogens is 2. The van der Waals surface area contributed by atoms with Crippen LogP contribution in [0.15, 0.2) is 73.7 Å². The number of pyridine rings is 3. The minimum absolute atomic E-state index is 0.713. The van der Waals surface area contributed by atoms with Crippen molar-refractivity contribution < 1.29 is 0 Å². The first-order chi connectivity index (χ1) is 14.9. The number of fused-ring (bicyclic) bond motifs is 2. The van der Waals surface area contributed by atoms with Gasteiger partial charge in [0.1, 0.15) is 17.0 Å². The summed E-state index contributed by atoms with van der Waals surface area (Å²) in [5.74, 6) is 0. The van der Waals surface area contributed by atoms with E-state index in [1.54, 1.807) is 43.4 Å². The van der Waals surface area contributed by atoms with Gasteiger partial charge in [-0.1, -0.05) is 0 Å². The van der Waals surface area contributed by atoms with Crippen molar-refractivity contribution in [3.05, 3.63) is 73.7 Å². The maximum atomic E-state index is 4.53. The minimum atomic E-state index is 0.713. The van der Waals surface area contributed by atoms with Crippen LogP contribution in [0.2, 0.25) is 0 Å². The second kappa shape index (κ2) is 6.56. The molecular formula is C22H14N8. The summed E-state index contributed by atoms with van der Waals surface area (Å²) < 4.78 is 0. The van der Waals surface area contributed by atoms with Gasteiger partial charge in [0.25, 0.3) is 0 Å². The lowest BCUT2D eigenvalue weighted by molar-refractivity contribution is 1.11. The van der Waals surface area contributed by atoms with Crippen LogP contribution in [0, 0.1) is 0 Å². The molecule has 0 bridgehead atoms. The summed E-state index contributed by atoms with van der Waals surface area (Å²) in [7, 11) is 0. The molecule has 0 radical (unpaired) electrons. The SMILES string of the molecule is c1cc(-c2ccnc3[nH]c(-c4n[nH]c5cnc(-c6cnccn6)cc45)cc23)ccn1. The first kappa shape index (κ1) is 16.5. The molecule has 0 saturated heterocycles. The van der Waals surface area contributed by atoms with Crippen molar-refractivity contribution in [2.75, 3.05) is 0 Å². The minimum Gasteiger partial charge on any atom is -0.338 e. The Morgan fingerprint density at radius 3 is 2.50 bits per heavy atom. The monoisotopic (exact) mass is 390 g/mol. The normalized spacial score (nSPS) is 11.3. The van der Waals surface area contributed by atoms with Gasteiger partial charge in [-0.3, -0.25) is 25.0 Å². The van der Waals surface area contributed by atoms with Gasteiger partial charge in [-0.2, -0.15) is 5.10 Å². The van der Waals surface area contributed by atoms with Gasteiger partial charge in [0, 0.05) is 41.8 Å². The van der Waals surface area contributed by atoms with E-state index in [-0.39, 0.29) is 0 Å². The standard InChI is InChI=1S/C22H14N8/c1-4-23-5-2-13(1)14-3-6-26-22-15(14)9-18(28-22)21-16-10-17(20-11-24-7-8-25-20)27-12-19(16)29-30-21/h1-12H,(H,26,28)(H,29,30). The quantitative estimate of drug-likeness (QED) is 0.472. The molecule has 0 atom stereocenters. The van der Waals surface area contributed by atoms with E-state index in [1.807, 2.05) is 24.3 Å². The molecule has 6 rings (SSSR count). The van der Waals surface area contributed by atoms with Crippen LogP contribution in [-0.4, -0.2) is 40.1 Å². The second-order valence-corrected chi connectivity index (χ2v) is 6.82. The highest BCUT2D eigenvalue weighted by Gasteiger charge is 2.15. The van der Waals surface area contributed by atoms with Gasteiger partial charge in [0.15, 0.2) is 0 Å². The van der Waals surface area contributed by atoms with Crippen LogP contribution in [-0.2, 0) is 0 Å². The van der Waals surface area contributed by atoms with E-state index in [0.29, 0.717) is 5.69 Å². The van der Waals surface area contributed by atoms with E-state index >= 15 is 0 Å². The predicted octanol–water partition coefficient (Wildman–Crippen LogP) is 4.02. The highest BCUT2D eigenvalue weighted by Crippen LogP contribution is 2.33. The molecule has 8 heteroatoms. The molecule has 0 aliphatic heterocycles. The third-order valence-corrected chi connectivity index (χ3v) is 5.05. The maximum Gasteiger partial charge on any atom is 0.138 e. The third kappa shape index (κ3) is 2.62. The Labute approximate surface area is 170 Å². The first-order valence-electron chi connectivity index (χ1n) is 9.36. The summed E-state index contributed by atoms with van der Waals surface area (Å²) in [6.07, 6.45) is 12.1. The van der Waals surface area contributed by atoms with Crippen LogP contribution in [0.25, 0.3) is 55.8 Å². The second-order valence-electron chi connectivity index (χ2n) is 6.82. The van der Waals surface area contributed by atoms with E-state index in [4.69, 9.17) is 0 Å². The summed E-state index contributed by atoms with van der Waals surface area (Å²) in [6, 6.07) is 10.0. The molecule has 2 N–H and O–H groups in total. The van der Waals surface area contributed by atoms with Crippen LogP contribution >= 0.6 is 0 Å². The van der Waals surface area contributed by atoms with Gasteiger partial charge >= 0.3 is 0 Å². The third-order valence-electron chi connectivity index (χ3n) is 5.05. The average Bonchev–Trinajstić information content (AvgIpc) is 3.43. The zero-order valence-corrected chi connectivity index (χ0v) is 15.6. The van der Waals surface area contributed by atoms with Crippen molar-refractivity contribution in [3.63, 3.8) is 0 Å². The summed E-state index contributed by atoms with van der Waals surface area (Å²) in [6.45, 7) is 0. The van der Waals surface area contributed by atoms with Gasteiger partial charge in [0.2, 0.25) is 0 Å². The number of nitrogens with zero attached hydrogens (tertiary/aromatic N) is 6. The Kier molecular flexibility index (Phi) is 3.60. The smallest absolute Gasteiger partial charge is 0.138 e. The van der Waals surface area contributed by atoms with Gasteiger partial charge in [-0.15, -0.1) is 0 Å². The van der Waals surface area contributed by atoms with Crippen molar-refractivity contribution in [2.24, 2.45) is 0 Å². The Morgan fingerprint density at radius 1 is 0.700 bits per heavy atom. The maximum absolute atomic E-state index is 4.53. The molecule has 30 heavy (non-hydrogen) atoms. The summed E-state index contributed by atoms with van der Waals surface area (Å²) in [4.78, 5) is 25.0. The Bertz CT molecular complexity index is 1490. The number of aromatic amines is 2. The summed E-state index contributed by atoms with van der Waals surface area (Å²) >= 11 is 0. The van der Waals surface area contributed by atoms with Gasteiger partial charge in [0.05, 0.1) is 29.3 Å². The van der Waals surface area contributed by atoms with Crippen molar-refractivity contribution in [3.8, 4) is 33.9 Å². The number of hydrogen-bond donors (Lipinski definition) is 2. The van der Waals surface area contributed by atoms with Crippen LogP contribution in [0.1, 0.15) is 0 Å². The Hall–Kier alpha value is -4.46. The fourth-order valence-corrected chi connectivity index (χ4v) is 3.63. The zero-order valence-electron chi connectivity index (χ0n) is 15.6. The largest absolute Gasteiger partial charge is 0.338 e. The fraction of sp³-hybridized carbons (Fsp3) is 0. The molecule has 0 aliphatic rings. The van der Waals surface area contributed by atoms with Crippen molar-refractivity contribution in [1.82, 2.24) is 40.1 Å². The molecule has 0 unspecified atom stereocenters. The van der Waals surface area contributed by atoms with Crippen molar-refractivity contribution in [2.45, 2.75) is 0 Å². The molecule has 0 spiro atoms. The Morgan fingerprint density at radius 2 is 1.63 bits per heavy atom. The van der Waals surface area contributed by atoms with Gasteiger partial charge in [-0.25, -0.2) is 4.98 Å². The number of nitrogens with one attached hydrogen (secondary N) is 2. The molecule has 8 nitrogen and oxygen atoms in total. The van der Waals surface area contributed by atoms with Crippen LogP contribution < -0.4 is 0 Å². The molecule has 0 amide bonds. The molecule has 0 aliphatic carbocycles. The van der Waals surface area contributed by atoms with E-state index in [1.165, 1.54) is 0 Å². The van der Waals surface area contributed by atoms with Gasteiger partial charge < -0.3 is 4.98 Å². The lowest BCUT2D eigenvalue weighted by Crippen LogP contribution is -1.88. The Balaban J connectivity index is 1.52. The van der Waals surface area contributed by atoms with E-state index in [2.05, 4.69) is 46.2 Å². The van der Waals surface area contributed by atoms with Crippen LogP contribution in [0.3, 0.4) is 0 Å². The molecule has 0 aromatic carbocycles. The highest BCUT2D eigenvalue weighted by atomic mass is 15.1. The molecular weight excluding hydrogens is 376 g/mol. The molecule has 0 fully saturated rings. The molecule has 142 valence electrons. The fourth-order valence-electron chi connectivity index (χ4n) is 3.63. The lowest BCUT2D eigenvalue weighted by Gasteiger charge is -2.01. The zero-order chi connectivity index (χ0) is 19.9. The highest BCUT2D eigenvalue weighted by molar-refractivity contribution is 6.00. The first-order valence-corrected chi connectivity index (χ1v) is 9.36. The van der Waals surface area contributed by atoms with Crippen molar-refractivity contribution in [1.29, 1.82) is 0 Å². The predicted molar refractivity (Wildman–Crippen MR) is 113 cm³/mol. The molecule has 6 aromatic rings. The van der Waals surface area contributed by atoms with E-state index in [0.717, 1.165) is 50.1 Å². The van der Waals surface area contributed by atoms with Crippen molar-refractivity contribution >= 4 is 21.9 Å². The molecule has 6 aromatic heterocycles. The topological polar surface area (TPSA) is 109 Å². The van der Waals surface area contributed by atoms with E-state index in [9.17, 15) is 0 Å².